The standard InChI is InChI=1S/C33H39ClN2O2/c1-2-25-17-19-26(20-18-25)21-22-32(37)36(24-28-13-9-10-16-30(28)34)31(23-27-11-5-3-6-12-27)33(38)35-29-14-7-4-8-15-29/h3,5-6,9-13,16-20,29,31H,2,4,7-8,14-15,21-24H2,1H3,(H,35,38)/t31-/m0/s1. The van der Waals surface area contributed by atoms with Crippen molar-refractivity contribution in [2.45, 2.75) is 83.3 Å². The van der Waals surface area contributed by atoms with E-state index in [0.29, 0.717) is 30.8 Å². The molecule has 0 spiro atoms. The zero-order valence-electron chi connectivity index (χ0n) is 22.4. The summed E-state index contributed by atoms with van der Waals surface area (Å²) in [6, 6.07) is 25.5. The molecule has 200 valence electrons. The first kappa shape index (κ1) is 27.9. The second-order valence-electron chi connectivity index (χ2n) is 10.3. The number of hydrogen-bond donors (Lipinski definition) is 1. The summed E-state index contributed by atoms with van der Waals surface area (Å²) in [5, 5.41) is 3.90. The van der Waals surface area contributed by atoms with E-state index in [-0.39, 0.29) is 17.9 Å². The molecule has 4 nitrogen and oxygen atoms in total. The molecule has 0 radical (unpaired) electrons. The molecule has 1 fully saturated rings. The van der Waals surface area contributed by atoms with Crippen molar-refractivity contribution in [2.75, 3.05) is 0 Å². The Morgan fingerprint density at radius 3 is 2.21 bits per heavy atom. The highest BCUT2D eigenvalue weighted by molar-refractivity contribution is 6.31. The number of benzene rings is 3. The highest BCUT2D eigenvalue weighted by atomic mass is 35.5. The molecule has 0 saturated heterocycles. The number of nitrogens with zero attached hydrogens (tertiary/aromatic N) is 1. The highest BCUT2D eigenvalue weighted by Crippen LogP contribution is 2.23. The van der Waals surface area contributed by atoms with Gasteiger partial charge in [0, 0.05) is 30.5 Å². The molecule has 1 aliphatic carbocycles. The molecule has 0 bridgehead atoms. The van der Waals surface area contributed by atoms with Crippen molar-refractivity contribution < 1.29 is 9.59 Å². The maximum absolute atomic E-state index is 13.9. The Morgan fingerprint density at radius 2 is 1.53 bits per heavy atom. The van der Waals surface area contributed by atoms with Crippen LogP contribution in [0.1, 0.15) is 67.7 Å². The minimum absolute atomic E-state index is 0.0378. The largest absolute Gasteiger partial charge is 0.352 e. The number of carbonyl (C=O) groups is 2. The predicted molar refractivity (Wildman–Crippen MR) is 155 cm³/mol. The van der Waals surface area contributed by atoms with E-state index in [4.69, 9.17) is 11.6 Å². The van der Waals surface area contributed by atoms with Gasteiger partial charge in [0.2, 0.25) is 11.8 Å². The van der Waals surface area contributed by atoms with E-state index in [2.05, 4.69) is 36.5 Å². The zero-order chi connectivity index (χ0) is 26.7. The number of rotatable bonds is 11. The van der Waals surface area contributed by atoms with Gasteiger partial charge in [-0.2, -0.15) is 0 Å². The van der Waals surface area contributed by atoms with Crippen LogP contribution in [-0.4, -0.2) is 28.8 Å². The molecule has 0 aromatic heterocycles. The Bertz CT molecular complexity index is 1170. The van der Waals surface area contributed by atoms with Crippen LogP contribution in [0.4, 0.5) is 0 Å². The van der Waals surface area contributed by atoms with Crippen LogP contribution in [0, 0.1) is 0 Å². The van der Waals surface area contributed by atoms with Gasteiger partial charge in [0.1, 0.15) is 6.04 Å². The van der Waals surface area contributed by atoms with E-state index in [9.17, 15) is 9.59 Å². The fourth-order valence-corrected chi connectivity index (χ4v) is 5.44. The monoisotopic (exact) mass is 530 g/mol. The first-order valence-electron chi connectivity index (χ1n) is 14.0. The Labute approximate surface area is 232 Å². The molecule has 0 heterocycles. The third-order valence-corrected chi connectivity index (χ3v) is 7.95. The molecule has 0 aliphatic heterocycles. The van der Waals surface area contributed by atoms with E-state index < -0.39 is 6.04 Å². The van der Waals surface area contributed by atoms with E-state index in [1.807, 2.05) is 54.6 Å². The Kier molecular flexibility index (Phi) is 10.4. The van der Waals surface area contributed by atoms with Crippen molar-refractivity contribution in [1.29, 1.82) is 0 Å². The summed E-state index contributed by atoms with van der Waals surface area (Å²) in [6.45, 7) is 2.43. The van der Waals surface area contributed by atoms with Crippen LogP contribution in [-0.2, 0) is 35.4 Å². The molecule has 0 unspecified atom stereocenters. The summed E-state index contributed by atoms with van der Waals surface area (Å²) in [4.78, 5) is 29.5. The second kappa shape index (κ2) is 14.2. The van der Waals surface area contributed by atoms with E-state index in [1.54, 1.807) is 4.90 Å². The summed E-state index contributed by atoms with van der Waals surface area (Å²) < 4.78 is 0. The lowest BCUT2D eigenvalue weighted by Gasteiger charge is -2.33. The number of halogens is 1. The Balaban J connectivity index is 1.60. The Hall–Kier alpha value is -3.11. The number of nitrogens with one attached hydrogen (secondary N) is 1. The molecular formula is C33H39ClN2O2. The average Bonchev–Trinajstić information content (AvgIpc) is 2.96. The molecule has 5 heteroatoms. The SMILES string of the molecule is CCc1ccc(CCC(=O)N(Cc2ccccc2Cl)[C@@H](Cc2ccccc2)C(=O)NC2CCCCC2)cc1. The summed E-state index contributed by atoms with van der Waals surface area (Å²) in [6.07, 6.45) is 7.88. The lowest BCUT2D eigenvalue weighted by molar-refractivity contribution is -0.141. The van der Waals surface area contributed by atoms with Crippen molar-refractivity contribution >= 4 is 23.4 Å². The summed E-state index contributed by atoms with van der Waals surface area (Å²) in [7, 11) is 0. The normalized spacial score (nSPS) is 14.6. The van der Waals surface area contributed by atoms with Crippen molar-refractivity contribution in [3.05, 3.63) is 106 Å². The molecule has 3 aromatic carbocycles. The van der Waals surface area contributed by atoms with Crippen molar-refractivity contribution in [3.63, 3.8) is 0 Å². The average molecular weight is 531 g/mol. The number of hydrogen-bond acceptors (Lipinski definition) is 2. The highest BCUT2D eigenvalue weighted by Gasteiger charge is 2.32. The molecule has 1 N–H and O–H groups in total. The maximum atomic E-state index is 13.9. The lowest BCUT2D eigenvalue weighted by atomic mass is 9.94. The maximum Gasteiger partial charge on any atom is 0.243 e. The molecular weight excluding hydrogens is 492 g/mol. The Morgan fingerprint density at radius 1 is 0.868 bits per heavy atom. The molecule has 1 aliphatic rings. The second-order valence-corrected chi connectivity index (χ2v) is 10.7. The van der Waals surface area contributed by atoms with Crippen LogP contribution < -0.4 is 5.32 Å². The van der Waals surface area contributed by atoms with Crippen LogP contribution in [0.5, 0.6) is 0 Å². The molecule has 4 rings (SSSR count). The number of aryl methyl sites for hydroxylation is 2. The van der Waals surface area contributed by atoms with Crippen LogP contribution in [0.3, 0.4) is 0 Å². The van der Waals surface area contributed by atoms with Crippen LogP contribution >= 0.6 is 11.6 Å². The molecule has 1 atom stereocenters. The van der Waals surface area contributed by atoms with E-state index in [1.165, 1.54) is 12.0 Å². The first-order valence-corrected chi connectivity index (χ1v) is 14.4. The minimum atomic E-state index is -0.620. The third kappa shape index (κ3) is 7.94. The quantitative estimate of drug-likeness (QED) is 0.292. The van der Waals surface area contributed by atoms with E-state index >= 15 is 0 Å². The van der Waals surface area contributed by atoms with Gasteiger partial charge in [0.25, 0.3) is 0 Å². The van der Waals surface area contributed by atoms with Gasteiger partial charge < -0.3 is 10.2 Å². The van der Waals surface area contributed by atoms with Crippen LogP contribution in [0.15, 0.2) is 78.9 Å². The van der Waals surface area contributed by atoms with Crippen LogP contribution in [0.2, 0.25) is 5.02 Å². The van der Waals surface area contributed by atoms with Crippen molar-refractivity contribution in [3.8, 4) is 0 Å². The van der Waals surface area contributed by atoms with Gasteiger partial charge in [0.15, 0.2) is 0 Å². The smallest absolute Gasteiger partial charge is 0.243 e. The fourth-order valence-electron chi connectivity index (χ4n) is 5.24. The van der Waals surface area contributed by atoms with Gasteiger partial charge in [-0.05, 0) is 54.0 Å². The van der Waals surface area contributed by atoms with Crippen molar-refractivity contribution in [2.24, 2.45) is 0 Å². The zero-order valence-corrected chi connectivity index (χ0v) is 23.1. The molecule has 1 saturated carbocycles. The summed E-state index contributed by atoms with van der Waals surface area (Å²) >= 11 is 6.54. The van der Waals surface area contributed by atoms with Gasteiger partial charge in [-0.25, -0.2) is 0 Å². The van der Waals surface area contributed by atoms with Gasteiger partial charge in [-0.3, -0.25) is 9.59 Å². The first-order chi connectivity index (χ1) is 18.5. The van der Waals surface area contributed by atoms with Gasteiger partial charge in [0.05, 0.1) is 0 Å². The summed E-state index contributed by atoms with van der Waals surface area (Å²) in [5.41, 5.74) is 4.28. The van der Waals surface area contributed by atoms with Gasteiger partial charge in [-0.1, -0.05) is 111 Å². The molecule has 3 aromatic rings. The third-order valence-electron chi connectivity index (χ3n) is 7.58. The summed E-state index contributed by atoms with van der Waals surface area (Å²) in [5.74, 6) is -0.113. The molecule has 2 amide bonds. The fraction of sp³-hybridized carbons (Fsp3) is 0.394. The lowest BCUT2D eigenvalue weighted by Crippen LogP contribution is -2.53. The van der Waals surface area contributed by atoms with E-state index in [0.717, 1.165) is 48.8 Å². The number of carbonyl (C=O) groups excluding carboxylic acids is 2. The minimum Gasteiger partial charge on any atom is -0.352 e. The van der Waals surface area contributed by atoms with Crippen LogP contribution in [0.25, 0.3) is 0 Å². The topological polar surface area (TPSA) is 49.4 Å². The van der Waals surface area contributed by atoms with Gasteiger partial charge in [-0.15, -0.1) is 0 Å². The van der Waals surface area contributed by atoms with Crippen molar-refractivity contribution in [1.82, 2.24) is 10.2 Å². The molecule has 38 heavy (non-hydrogen) atoms. The van der Waals surface area contributed by atoms with Gasteiger partial charge >= 0.3 is 0 Å². The predicted octanol–water partition coefficient (Wildman–Crippen LogP) is 6.92. The number of amides is 2.